The predicted octanol–water partition coefficient (Wildman–Crippen LogP) is 0.624. The van der Waals surface area contributed by atoms with Crippen molar-refractivity contribution in [1.82, 2.24) is 0 Å². The summed E-state index contributed by atoms with van der Waals surface area (Å²) in [5.41, 5.74) is 0.0794. The second-order valence-electron chi connectivity index (χ2n) is 4.38. The Kier molecular flexibility index (Phi) is 3.74. The standard InChI is InChI=1S/C11H16BFO2/c1-11(2,14)3-4-15-10-6-8(12)5-9(13)7-10/h5-7,14H,3-4,12H2,1-2H3. The van der Waals surface area contributed by atoms with Crippen LogP contribution in [0.2, 0.25) is 0 Å². The van der Waals surface area contributed by atoms with Crippen LogP contribution in [0, 0.1) is 5.82 Å². The number of rotatable bonds is 4. The molecule has 1 N–H and O–H groups in total. The summed E-state index contributed by atoms with van der Waals surface area (Å²) >= 11 is 0. The molecule has 0 radical (unpaired) electrons. The van der Waals surface area contributed by atoms with E-state index in [1.807, 2.05) is 7.85 Å². The molecule has 15 heavy (non-hydrogen) atoms. The topological polar surface area (TPSA) is 29.5 Å². The molecule has 0 spiro atoms. The molecule has 0 unspecified atom stereocenters. The van der Waals surface area contributed by atoms with E-state index in [9.17, 15) is 9.50 Å². The van der Waals surface area contributed by atoms with Gasteiger partial charge in [-0.15, -0.1) is 0 Å². The third kappa shape index (κ3) is 4.84. The van der Waals surface area contributed by atoms with Crippen molar-refractivity contribution >= 4 is 13.3 Å². The van der Waals surface area contributed by atoms with E-state index in [-0.39, 0.29) is 5.82 Å². The van der Waals surface area contributed by atoms with Gasteiger partial charge >= 0.3 is 0 Å². The van der Waals surface area contributed by atoms with Gasteiger partial charge in [-0.25, -0.2) is 4.39 Å². The lowest BCUT2D eigenvalue weighted by molar-refractivity contribution is 0.0553. The van der Waals surface area contributed by atoms with E-state index in [0.717, 1.165) is 5.46 Å². The third-order valence-corrected chi connectivity index (χ3v) is 2.00. The van der Waals surface area contributed by atoms with Gasteiger partial charge in [0.25, 0.3) is 0 Å². The number of aliphatic hydroxyl groups is 1. The van der Waals surface area contributed by atoms with E-state index in [2.05, 4.69) is 0 Å². The maximum atomic E-state index is 13.0. The summed E-state index contributed by atoms with van der Waals surface area (Å²) in [5.74, 6) is 0.213. The molecule has 2 nitrogen and oxygen atoms in total. The molecule has 0 aliphatic heterocycles. The van der Waals surface area contributed by atoms with Gasteiger partial charge in [-0.1, -0.05) is 5.46 Å². The van der Waals surface area contributed by atoms with Crippen LogP contribution in [0.5, 0.6) is 5.75 Å². The number of hydrogen-bond acceptors (Lipinski definition) is 2. The van der Waals surface area contributed by atoms with E-state index in [0.29, 0.717) is 18.8 Å². The first-order chi connectivity index (χ1) is 6.87. The van der Waals surface area contributed by atoms with Gasteiger partial charge in [-0.3, -0.25) is 0 Å². The van der Waals surface area contributed by atoms with E-state index < -0.39 is 5.60 Å². The molecule has 0 aliphatic rings. The molecule has 0 fully saturated rings. The summed E-state index contributed by atoms with van der Waals surface area (Å²) in [6, 6.07) is 4.56. The zero-order valence-corrected chi connectivity index (χ0v) is 9.38. The first-order valence-corrected chi connectivity index (χ1v) is 4.99. The summed E-state index contributed by atoms with van der Waals surface area (Å²) < 4.78 is 18.3. The molecule has 0 aliphatic carbocycles. The van der Waals surface area contributed by atoms with Gasteiger partial charge in [0.2, 0.25) is 0 Å². The van der Waals surface area contributed by atoms with Gasteiger partial charge < -0.3 is 9.84 Å². The predicted molar refractivity (Wildman–Crippen MR) is 61.0 cm³/mol. The number of hydrogen-bond donors (Lipinski definition) is 1. The summed E-state index contributed by atoms with van der Waals surface area (Å²) in [6.45, 7) is 3.81. The monoisotopic (exact) mass is 210 g/mol. The van der Waals surface area contributed by atoms with E-state index >= 15 is 0 Å². The first kappa shape index (κ1) is 12.0. The number of halogens is 1. The minimum atomic E-state index is -0.748. The summed E-state index contributed by atoms with van der Waals surface area (Å²) in [6.07, 6.45) is 0.516. The molecule has 0 saturated carbocycles. The molecule has 1 rings (SSSR count). The molecular weight excluding hydrogens is 194 g/mol. The Morgan fingerprint density at radius 3 is 2.60 bits per heavy atom. The molecule has 82 valence electrons. The SMILES string of the molecule is Bc1cc(F)cc(OCCC(C)(C)O)c1. The highest BCUT2D eigenvalue weighted by atomic mass is 19.1. The number of benzene rings is 1. The fourth-order valence-electron chi connectivity index (χ4n) is 1.20. The molecule has 0 amide bonds. The first-order valence-electron chi connectivity index (χ1n) is 4.99. The smallest absolute Gasteiger partial charge is 0.139 e. The van der Waals surface area contributed by atoms with Gasteiger partial charge in [0.15, 0.2) is 0 Å². The van der Waals surface area contributed by atoms with Crippen molar-refractivity contribution in [2.45, 2.75) is 25.9 Å². The van der Waals surface area contributed by atoms with E-state index in [1.165, 1.54) is 12.1 Å². The Labute approximate surface area is 90.5 Å². The van der Waals surface area contributed by atoms with E-state index in [1.54, 1.807) is 19.9 Å². The van der Waals surface area contributed by atoms with Gasteiger partial charge in [-0.2, -0.15) is 0 Å². The summed E-state index contributed by atoms with van der Waals surface area (Å²) in [5, 5.41) is 9.45. The highest BCUT2D eigenvalue weighted by molar-refractivity contribution is 6.32. The quantitative estimate of drug-likeness (QED) is 0.738. The third-order valence-electron chi connectivity index (χ3n) is 2.00. The van der Waals surface area contributed by atoms with Crippen molar-refractivity contribution in [3.05, 3.63) is 24.0 Å². The van der Waals surface area contributed by atoms with Gasteiger partial charge in [0.1, 0.15) is 19.4 Å². The lowest BCUT2D eigenvalue weighted by Gasteiger charge is -2.17. The Bertz CT molecular complexity index is 314. The maximum Gasteiger partial charge on any atom is 0.139 e. The van der Waals surface area contributed by atoms with Crippen LogP contribution in [0.4, 0.5) is 4.39 Å². The summed E-state index contributed by atoms with van der Waals surface area (Å²) in [4.78, 5) is 0. The normalized spacial score (nSPS) is 11.5. The second-order valence-corrected chi connectivity index (χ2v) is 4.38. The molecule has 4 heteroatoms. The van der Waals surface area contributed by atoms with Crippen molar-refractivity contribution < 1.29 is 14.2 Å². The molecule has 1 aromatic rings. The zero-order valence-electron chi connectivity index (χ0n) is 9.38. The second kappa shape index (κ2) is 4.66. The van der Waals surface area contributed by atoms with Crippen LogP contribution in [0.3, 0.4) is 0 Å². The molecule has 0 saturated heterocycles. The van der Waals surface area contributed by atoms with Gasteiger partial charge in [0.05, 0.1) is 12.2 Å². The average molecular weight is 210 g/mol. The van der Waals surface area contributed by atoms with Crippen LogP contribution in [0.1, 0.15) is 20.3 Å². The minimum absolute atomic E-state index is 0.298. The molecule has 0 atom stereocenters. The van der Waals surface area contributed by atoms with Crippen LogP contribution < -0.4 is 10.2 Å². The summed E-state index contributed by atoms with van der Waals surface area (Å²) in [7, 11) is 1.81. The van der Waals surface area contributed by atoms with Crippen molar-refractivity contribution in [3.8, 4) is 5.75 Å². The lowest BCUT2D eigenvalue weighted by atomic mass is 9.96. The Hall–Kier alpha value is -1.03. The van der Waals surface area contributed by atoms with Crippen LogP contribution >= 0.6 is 0 Å². The largest absolute Gasteiger partial charge is 0.493 e. The Balaban J connectivity index is 2.51. The minimum Gasteiger partial charge on any atom is -0.493 e. The van der Waals surface area contributed by atoms with Crippen LogP contribution in [0.25, 0.3) is 0 Å². The average Bonchev–Trinajstić information content (AvgIpc) is 1.99. The van der Waals surface area contributed by atoms with E-state index in [4.69, 9.17) is 4.74 Å². The molecule has 0 bridgehead atoms. The van der Waals surface area contributed by atoms with Gasteiger partial charge in [-0.05, 0) is 26.0 Å². The Morgan fingerprint density at radius 1 is 1.40 bits per heavy atom. The molecule has 0 heterocycles. The van der Waals surface area contributed by atoms with Crippen molar-refractivity contribution in [1.29, 1.82) is 0 Å². The van der Waals surface area contributed by atoms with Crippen LogP contribution in [0.15, 0.2) is 18.2 Å². The highest BCUT2D eigenvalue weighted by Crippen LogP contribution is 2.13. The van der Waals surface area contributed by atoms with Crippen molar-refractivity contribution in [2.75, 3.05) is 6.61 Å². The highest BCUT2D eigenvalue weighted by Gasteiger charge is 2.12. The fourth-order valence-corrected chi connectivity index (χ4v) is 1.20. The van der Waals surface area contributed by atoms with Crippen LogP contribution in [-0.4, -0.2) is 25.2 Å². The van der Waals surface area contributed by atoms with Crippen LogP contribution in [-0.2, 0) is 0 Å². The Morgan fingerprint density at radius 2 is 2.07 bits per heavy atom. The zero-order chi connectivity index (χ0) is 11.5. The fraction of sp³-hybridized carbons (Fsp3) is 0.455. The van der Waals surface area contributed by atoms with Crippen molar-refractivity contribution in [2.24, 2.45) is 0 Å². The maximum absolute atomic E-state index is 13.0. The molecule has 0 aromatic heterocycles. The molecule has 1 aromatic carbocycles. The molecular formula is C11H16BFO2. The lowest BCUT2D eigenvalue weighted by Crippen LogP contribution is -2.22. The number of ether oxygens (including phenoxy) is 1. The van der Waals surface area contributed by atoms with Crippen molar-refractivity contribution in [3.63, 3.8) is 0 Å². The van der Waals surface area contributed by atoms with Gasteiger partial charge in [0, 0.05) is 12.5 Å².